The summed E-state index contributed by atoms with van der Waals surface area (Å²) in [6, 6.07) is 15.1. The number of rotatable bonds is 6. The van der Waals surface area contributed by atoms with Crippen LogP contribution in [0, 0.1) is 6.92 Å². The van der Waals surface area contributed by atoms with E-state index in [-0.39, 0.29) is 57.1 Å². The molecule has 0 saturated carbocycles. The molecule has 0 aliphatic rings. The number of carbonyl (C=O) groups excluding carboxylic acids is 1. The zero-order chi connectivity index (χ0) is 26.9. The van der Waals surface area contributed by atoms with E-state index in [9.17, 15) is 22.9 Å². The number of nitrogens with one attached hydrogen (secondary N) is 1. The SMILES string of the molecule is COc1cc(NC(=O)c2cc3ccccc3c(N=Nc3c(S(=O)(=O)O)ccc(Cl)c3C)c2[O-])ccc1Cl.[Na+]. The van der Waals surface area contributed by atoms with Gasteiger partial charge in [0.15, 0.2) is 0 Å². The number of benzene rings is 4. The van der Waals surface area contributed by atoms with Gasteiger partial charge in [0, 0.05) is 27.7 Å². The van der Waals surface area contributed by atoms with Crippen LogP contribution in [0.15, 0.2) is 75.8 Å². The number of carbonyl (C=O) groups is 1. The summed E-state index contributed by atoms with van der Waals surface area (Å²) in [4.78, 5) is 12.6. The Kier molecular flexibility index (Phi) is 9.43. The van der Waals surface area contributed by atoms with Crippen LogP contribution in [0.25, 0.3) is 10.8 Å². The van der Waals surface area contributed by atoms with Crippen LogP contribution in [0.1, 0.15) is 15.9 Å². The van der Waals surface area contributed by atoms with Crippen LogP contribution in [0.2, 0.25) is 10.0 Å². The van der Waals surface area contributed by atoms with Gasteiger partial charge >= 0.3 is 29.6 Å². The summed E-state index contributed by atoms with van der Waals surface area (Å²) in [7, 11) is -3.24. The zero-order valence-electron chi connectivity index (χ0n) is 20.3. The van der Waals surface area contributed by atoms with Crippen LogP contribution in [-0.2, 0) is 10.1 Å². The molecule has 0 radical (unpaired) electrons. The van der Waals surface area contributed by atoms with Crippen molar-refractivity contribution >= 4 is 67.1 Å². The quantitative estimate of drug-likeness (QED) is 0.203. The molecule has 13 heteroatoms. The number of ether oxygens (including phenoxy) is 1. The van der Waals surface area contributed by atoms with Gasteiger partial charge in [-0.1, -0.05) is 53.2 Å². The molecule has 38 heavy (non-hydrogen) atoms. The van der Waals surface area contributed by atoms with Gasteiger partial charge in [0.2, 0.25) is 0 Å². The predicted molar refractivity (Wildman–Crippen MR) is 140 cm³/mol. The molecular weight excluding hydrogens is 564 g/mol. The fraction of sp³-hybridized carbons (Fsp3) is 0.0800. The fourth-order valence-electron chi connectivity index (χ4n) is 3.60. The largest absolute Gasteiger partial charge is 1.00 e. The molecule has 0 saturated heterocycles. The minimum absolute atomic E-state index is 0. The molecule has 4 aromatic rings. The molecule has 9 nitrogen and oxygen atoms in total. The van der Waals surface area contributed by atoms with Crippen LogP contribution in [0.3, 0.4) is 0 Å². The summed E-state index contributed by atoms with van der Waals surface area (Å²) < 4.78 is 38.5. The summed E-state index contributed by atoms with van der Waals surface area (Å²) in [5, 5.41) is 25.5. The standard InChI is InChI=1S/C25H19Cl2N3O6S.Na/c1-13-18(26)9-10-21(37(33,34)35)22(13)29-30-23-16-6-4-3-5-14(16)11-17(24(23)31)25(32)28-15-7-8-19(27)20(12-15)36-2;/h3-12,31H,1-2H3,(H,28,32)(H,33,34,35);/q;+1/p-1. The second-order valence-electron chi connectivity index (χ2n) is 7.82. The number of fused-ring (bicyclic) bond motifs is 1. The Balaban J connectivity index is 0.00000400. The summed E-state index contributed by atoms with van der Waals surface area (Å²) in [5.74, 6) is -1.12. The molecule has 0 spiro atoms. The Bertz CT molecular complexity index is 1700. The molecule has 0 aromatic heterocycles. The van der Waals surface area contributed by atoms with Crippen molar-refractivity contribution < 1.29 is 57.2 Å². The first-order chi connectivity index (χ1) is 17.5. The molecule has 0 heterocycles. The molecule has 0 aliphatic heterocycles. The number of hydrogen-bond acceptors (Lipinski definition) is 7. The van der Waals surface area contributed by atoms with Gasteiger partial charge in [0.1, 0.15) is 16.3 Å². The third-order valence-electron chi connectivity index (χ3n) is 5.48. The van der Waals surface area contributed by atoms with Crippen molar-refractivity contribution in [2.45, 2.75) is 11.8 Å². The van der Waals surface area contributed by atoms with E-state index in [1.54, 1.807) is 30.3 Å². The molecule has 4 rings (SSSR count). The van der Waals surface area contributed by atoms with Crippen molar-refractivity contribution in [2.75, 3.05) is 12.4 Å². The average Bonchev–Trinajstić information content (AvgIpc) is 2.85. The second kappa shape index (κ2) is 12.0. The molecule has 0 fully saturated rings. The van der Waals surface area contributed by atoms with E-state index < -0.39 is 26.7 Å². The van der Waals surface area contributed by atoms with Crippen molar-refractivity contribution in [3.63, 3.8) is 0 Å². The Morgan fingerprint density at radius 2 is 1.66 bits per heavy atom. The summed E-state index contributed by atoms with van der Waals surface area (Å²) in [6.45, 7) is 1.49. The molecule has 1 amide bonds. The van der Waals surface area contributed by atoms with E-state index >= 15 is 0 Å². The molecule has 2 N–H and O–H groups in total. The van der Waals surface area contributed by atoms with Crippen LogP contribution < -0.4 is 44.7 Å². The molecule has 0 unspecified atom stereocenters. The predicted octanol–water partition coefficient (Wildman–Crippen LogP) is 3.46. The van der Waals surface area contributed by atoms with Crippen molar-refractivity contribution in [2.24, 2.45) is 10.2 Å². The fourth-order valence-corrected chi connectivity index (χ4v) is 4.62. The molecule has 0 atom stereocenters. The second-order valence-corrected chi connectivity index (χ2v) is 10.0. The van der Waals surface area contributed by atoms with Gasteiger partial charge in [-0.05, 0) is 48.2 Å². The maximum absolute atomic E-state index is 13.4. The molecule has 4 aromatic carbocycles. The van der Waals surface area contributed by atoms with Gasteiger partial charge in [-0.3, -0.25) is 9.35 Å². The van der Waals surface area contributed by atoms with Gasteiger partial charge in [-0.25, -0.2) is 0 Å². The number of anilines is 1. The van der Waals surface area contributed by atoms with Gasteiger partial charge in [0.05, 0.1) is 17.8 Å². The minimum atomic E-state index is -4.67. The first-order valence-corrected chi connectivity index (χ1v) is 12.8. The van der Waals surface area contributed by atoms with Gasteiger partial charge in [-0.15, -0.1) is 5.11 Å². The smallest absolute Gasteiger partial charge is 0.870 e. The van der Waals surface area contributed by atoms with Gasteiger partial charge < -0.3 is 15.2 Å². The summed E-state index contributed by atoms with van der Waals surface area (Å²) >= 11 is 12.1. The summed E-state index contributed by atoms with van der Waals surface area (Å²) in [6.07, 6.45) is 0. The third kappa shape index (κ3) is 6.13. The number of halogens is 2. The van der Waals surface area contributed by atoms with Crippen LogP contribution in [-0.4, -0.2) is 26.0 Å². The average molecular weight is 582 g/mol. The molecule has 0 bridgehead atoms. The Labute approximate surface area is 250 Å². The number of hydrogen-bond donors (Lipinski definition) is 2. The van der Waals surface area contributed by atoms with Gasteiger partial charge in [0.25, 0.3) is 16.0 Å². The van der Waals surface area contributed by atoms with E-state index in [0.29, 0.717) is 27.2 Å². The number of amides is 1. The van der Waals surface area contributed by atoms with Crippen molar-refractivity contribution in [1.29, 1.82) is 0 Å². The monoisotopic (exact) mass is 581 g/mol. The Morgan fingerprint density at radius 1 is 1.00 bits per heavy atom. The van der Waals surface area contributed by atoms with Crippen LogP contribution >= 0.6 is 23.2 Å². The Morgan fingerprint density at radius 3 is 2.34 bits per heavy atom. The van der Waals surface area contributed by atoms with E-state index in [0.717, 1.165) is 6.07 Å². The zero-order valence-corrected chi connectivity index (χ0v) is 24.6. The molecule has 190 valence electrons. The first-order valence-electron chi connectivity index (χ1n) is 10.6. The van der Waals surface area contributed by atoms with E-state index in [2.05, 4.69) is 15.5 Å². The minimum Gasteiger partial charge on any atom is -0.870 e. The Hall–Kier alpha value is -2.70. The summed E-state index contributed by atoms with van der Waals surface area (Å²) in [5.41, 5.74) is -0.0872. The maximum Gasteiger partial charge on any atom is 1.00 e. The molecule has 0 aliphatic carbocycles. The molecular formula is C25H18Cl2N3NaO6S. The van der Waals surface area contributed by atoms with Crippen LogP contribution in [0.4, 0.5) is 17.1 Å². The van der Waals surface area contributed by atoms with E-state index in [1.165, 1.54) is 38.3 Å². The van der Waals surface area contributed by atoms with E-state index in [1.807, 2.05) is 0 Å². The van der Waals surface area contributed by atoms with E-state index in [4.69, 9.17) is 27.9 Å². The number of nitrogens with zero attached hydrogens (tertiary/aromatic N) is 2. The van der Waals surface area contributed by atoms with Crippen molar-refractivity contribution in [3.8, 4) is 11.5 Å². The first kappa shape index (κ1) is 29.9. The maximum atomic E-state index is 13.4. The van der Waals surface area contributed by atoms with Crippen molar-refractivity contribution in [3.05, 3.63) is 81.8 Å². The number of methoxy groups -OCH3 is 1. The van der Waals surface area contributed by atoms with Gasteiger partial charge in [-0.2, -0.15) is 13.5 Å². The topological polar surface area (TPSA) is 140 Å². The van der Waals surface area contributed by atoms with Crippen LogP contribution in [0.5, 0.6) is 11.5 Å². The normalized spacial score (nSPS) is 11.4. The third-order valence-corrected chi connectivity index (χ3v) is 7.09. The van der Waals surface area contributed by atoms with Crippen molar-refractivity contribution in [1.82, 2.24) is 0 Å². The number of azo groups is 1.